The summed E-state index contributed by atoms with van der Waals surface area (Å²) in [5.74, 6) is 0.0234. The molecule has 0 aliphatic heterocycles. The van der Waals surface area contributed by atoms with Gasteiger partial charge in [-0.1, -0.05) is 41.9 Å². The number of fused-ring (bicyclic) bond motifs is 1. The van der Waals surface area contributed by atoms with Crippen molar-refractivity contribution in [2.45, 2.75) is 12.5 Å². The molecule has 198 valence electrons. The molecule has 0 saturated heterocycles. The first-order chi connectivity index (χ1) is 19.5. The van der Waals surface area contributed by atoms with Crippen molar-refractivity contribution in [3.05, 3.63) is 118 Å². The van der Waals surface area contributed by atoms with Gasteiger partial charge in [-0.15, -0.1) is 5.10 Å². The number of nitrogens with one attached hydrogen (secondary N) is 2. The number of tetrazole rings is 1. The maximum absolute atomic E-state index is 13.5. The molecule has 0 bridgehead atoms. The number of nitrogens with zero attached hydrogens (tertiary/aromatic N) is 6. The van der Waals surface area contributed by atoms with Crippen LogP contribution in [0.4, 0.5) is 5.82 Å². The summed E-state index contributed by atoms with van der Waals surface area (Å²) in [4.78, 5) is 13.4. The van der Waals surface area contributed by atoms with Crippen LogP contribution in [-0.2, 0) is 6.42 Å². The van der Waals surface area contributed by atoms with E-state index >= 15 is 0 Å². The van der Waals surface area contributed by atoms with Gasteiger partial charge in [-0.2, -0.15) is 14.5 Å². The van der Waals surface area contributed by atoms with Crippen molar-refractivity contribution >= 4 is 34.2 Å². The first-order valence-electron chi connectivity index (χ1n) is 12.3. The minimum Gasteiger partial charge on any atom is -0.618 e. The maximum atomic E-state index is 13.5. The molecular weight excluding hydrogens is 530 g/mol. The van der Waals surface area contributed by atoms with Gasteiger partial charge >= 0.3 is 0 Å². The molecule has 3 aromatic carbocycles. The van der Waals surface area contributed by atoms with E-state index in [4.69, 9.17) is 17.3 Å². The first-order valence-corrected chi connectivity index (χ1v) is 12.7. The Morgan fingerprint density at radius 2 is 1.95 bits per heavy atom. The molecule has 3 heterocycles. The minimum absolute atomic E-state index is 0.337. The van der Waals surface area contributed by atoms with E-state index in [0.29, 0.717) is 50.8 Å². The third-order valence-electron chi connectivity index (χ3n) is 6.61. The normalized spacial score (nSPS) is 11.9. The highest BCUT2D eigenvalue weighted by molar-refractivity contribution is 6.31. The number of amides is 1. The van der Waals surface area contributed by atoms with Crippen LogP contribution in [0.3, 0.4) is 0 Å². The zero-order valence-corrected chi connectivity index (χ0v) is 21.7. The molecule has 1 atom stereocenters. The number of hydrogen-bond donors (Lipinski definition) is 3. The van der Waals surface area contributed by atoms with Gasteiger partial charge in [0.15, 0.2) is 12.0 Å². The number of rotatable bonds is 7. The number of carbonyl (C=O) groups is 1. The Morgan fingerprint density at radius 3 is 2.73 bits per heavy atom. The summed E-state index contributed by atoms with van der Waals surface area (Å²) in [6.45, 7) is 0. The molecule has 1 amide bonds. The Morgan fingerprint density at radius 1 is 1.10 bits per heavy atom. The summed E-state index contributed by atoms with van der Waals surface area (Å²) in [6.07, 6.45) is 3.33. The van der Waals surface area contributed by atoms with Gasteiger partial charge in [0.05, 0.1) is 11.2 Å². The van der Waals surface area contributed by atoms with E-state index in [2.05, 4.69) is 31.0 Å². The van der Waals surface area contributed by atoms with Crippen molar-refractivity contribution in [3.63, 3.8) is 0 Å². The molecule has 6 rings (SSSR count). The van der Waals surface area contributed by atoms with E-state index in [0.717, 1.165) is 15.7 Å². The topological polar surface area (TPSA) is 154 Å². The lowest BCUT2D eigenvalue weighted by molar-refractivity contribution is -0.615. The molecule has 6 aromatic rings. The van der Waals surface area contributed by atoms with Crippen LogP contribution in [0.2, 0.25) is 5.02 Å². The van der Waals surface area contributed by atoms with Crippen LogP contribution in [0.15, 0.2) is 91.4 Å². The number of carbonyl (C=O) groups excluding carboxylic acids is 1. The maximum Gasteiger partial charge on any atom is 0.252 e. The summed E-state index contributed by atoms with van der Waals surface area (Å²) in [6, 6.07) is 22.9. The number of anilines is 1. The number of aromatic amines is 1. The van der Waals surface area contributed by atoms with Crippen molar-refractivity contribution in [2.75, 3.05) is 5.73 Å². The van der Waals surface area contributed by atoms with Gasteiger partial charge in [0.1, 0.15) is 12.4 Å². The van der Waals surface area contributed by atoms with Crippen molar-refractivity contribution in [3.8, 4) is 16.8 Å². The van der Waals surface area contributed by atoms with Crippen LogP contribution in [0.5, 0.6) is 0 Å². The minimum atomic E-state index is -0.623. The van der Waals surface area contributed by atoms with Crippen molar-refractivity contribution in [2.24, 2.45) is 0 Å². The molecule has 0 saturated carbocycles. The van der Waals surface area contributed by atoms with Gasteiger partial charge in [0, 0.05) is 39.6 Å². The molecule has 0 fully saturated rings. The summed E-state index contributed by atoms with van der Waals surface area (Å²) in [5, 5.41) is 35.9. The molecule has 0 aliphatic carbocycles. The second kappa shape index (κ2) is 10.5. The molecule has 12 heteroatoms. The smallest absolute Gasteiger partial charge is 0.252 e. The fourth-order valence-electron chi connectivity index (χ4n) is 4.64. The average molecular weight is 552 g/mol. The van der Waals surface area contributed by atoms with E-state index in [1.807, 2.05) is 36.4 Å². The fourth-order valence-corrected chi connectivity index (χ4v) is 4.81. The number of benzene rings is 3. The Balaban J connectivity index is 1.35. The lowest BCUT2D eigenvalue weighted by Crippen LogP contribution is -2.40. The van der Waals surface area contributed by atoms with Crippen molar-refractivity contribution in [1.29, 1.82) is 0 Å². The van der Waals surface area contributed by atoms with Crippen LogP contribution >= 0.6 is 11.6 Å². The standard InChI is InChI=1S/C28H22ClN9O2/c29-20-8-11-25(37-16-31-35-36-37)22(14-20)19-7-10-26(38(40)15-19)24(12-17-4-2-1-3-5-17)32-28(39)18-6-9-21-23(13-18)33-34-27(21)30/h1-11,13-16,24H,12H2,(H,32,39)(H3,30,33,34). The van der Waals surface area contributed by atoms with Crippen LogP contribution < -0.4 is 15.8 Å². The first kappa shape index (κ1) is 25.0. The monoisotopic (exact) mass is 551 g/mol. The summed E-state index contributed by atoms with van der Waals surface area (Å²) < 4.78 is 2.27. The summed E-state index contributed by atoms with van der Waals surface area (Å²) in [5.41, 5.74) is 10.2. The lowest BCUT2D eigenvalue weighted by atomic mass is 10.00. The summed E-state index contributed by atoms with van der Waals surface area (Å²) in [7, 11) is 0. The van der Waals surface area contributed by atoms with Crippen molar-refractivity contribution in [1.82, 2.24) is 35.7 Å². The Labute approximate surface area is 232 Å². The number of H-pyrrole nitrogens is 1. The van der Waals surface area contributed by atoms with Gasteiger partial charge in [-0.05, 0) is 58.5 Å². The lowest BCUT2D eigenvalue weighted by Gasteiger charge is -2.19. The number of halogens is 1. The molecule has 1 unspecified atom stereocenters. The molecular formula is C28H22ClN9O2. The highest BCUT2D eigenvalue weighted by Crippen LogP contribution is 2.29. The SMILES string of the molecule is Nc1n[nH]c2cc(C(=O)NC(Cc3ccccc3)c3ccc(-c4cc(Cl)ccc4-n4cnnn4)c[n+]3[O-])ccc12. The number of aromatic nitrogens is 7. The fraction of sp³-hybridized carbons (Fsp3) is 0.0714. The molecule has 11 nitrogen and oxygen atoms in total. The highest BCUT2D eigenvalue weighted by atomic mass is 35.5. The quantitative estimate of drug-likeness (QED) is 0.201. The molecule has 3 aromatic heterocycles. The van der Waals surface area contributed by atoms with Crippen LogP contribution in [0.1, 0.15) is 27.7 Å². The third-order valence-corrected chi connectivity index (χ3v) is 6.84. The molecule has 4 N–H and O–H groups in total. The zero-order chi connectivity index (χ0) is 27.6. The highest BCUT2D eigenvalue weighted by Gasteiger charge is 2.25. The second-order valence-corrected chi connectivity index (χ2v) is 9.61. The second-order valence-electron chi connectivity index (χ2n) is 9.17. The number of nitrogen functional groups attached to an aromatic ring is 1. The molecule has 40 heavy (non-hydrogen) atoms. The van der Waals surface area contributed by atoms with Gasteiger partial charge in [0.2, 0.25) is 5.69 Å². The van der Waals surface area contributed by atoms with E-state index in [-0.39, 0.29) is 5.91 Å². The number of nitrogens with two attached hydrogens (primary N) is 1. The average Bonchev–Trinajstić information content (AvgIpc) is 3.63. The van der Waals surface area contributed by atoms with E-state index in [1.165, 1.54) is 17.2 Å². The summed E-state index contributed by atoms with van der Waals surface area (Å²) >= 11 is 6.29. The van der Waals surface area contributed by atoms with E-state index in [9.17, 15) is 10.0 Å². The third kappa shape index (κ3) is 4.93. The van der Waals surface area contributed by atoms with Gasteiger partial charge < -0.3 is 16.3 Å². The predicted molar refractivity (Wildman–Crippen MR) is 149 cm³/mol. The van der Waals surface area contributed by atoms with Crippen LogP contribution in [-0.4, -0.2) is 36.3 Å². The van der Waals surface area contributed by atoms with E-state index < -0.39 is 6.04 Å². The Kier molecular flexibility index (Phi) is 6.54. The van der Waals surface area contributed by atoms with Crippen LogP contribution in [0, 0.1) is 5.21 Å². The Hall–Kier alpha value is -5.29. The van der Waals surface area contributed by atoms with Crippen LogP contribution in [0.25, 0.3) is 27.7 Å². The Bertz CT molecular complexity index is 1820. The molecule has 0 aliphatic rings. The predicted octanol–water partition coefficient (Wildman–Crippen LogP) is 3.79. The van der Waals surface area contributed by atoms with Gasteiger partial charge in [0.25, 0.3) is 5.91 Å². The molecule has 0 radical (unpaired) electrons. The van der Waals surface area contributed by atoms with Crippen molar-refractivity contribution < 1.29 is 9.52 Å². The van der Waals surface area contributed by atoms with Gasteiger partial charge in [-0.25, -0.2) is 0 Å². The van der Waals surface area contributed by atoms with E-state index in [1.54, 1.807) is 42.5 Å². The number of hydrogen-bond acceptors (Lipinski definition) is 7. The van der Waals surface area contributed by atoms with Gasteiger partial charge in [-0.3, -0.25) is 9.89 Å². The number of pyridine rings is 1. The largest absolute Gasteiger partial charge is 0.618 e. The molecule has 0 spiro atoms. The zero-order valence-electron chi connectivity index (χ0n) is 20.9.